The van der Waals surface area contributed by atoms with Crippen molar-refractivity contribution in [2.75, 3.05) is 24.3 Å². The van der Waals surface area contributed by atoms with Gasteiger partial charge in [0, 0.05) is 29.3 Å². The minimum absolute atomic E-state index is 0.0314. The number of halogens is 6. The van der Waals surface area contributed by atoms with E-state index in [-0.39, 0.29) is 59.9 Å². The Kier molecular flexibility index (Phi) is 7.61. The Hall–Kier alpha value is -3.55. The first kappa shape index (κ1) is 31.0. The molecule has 1 aromatic heterocycles. The van der Waals surface area contributed by atoms with Gasteiger partial charge < -0.3 is 25.1 Å². The van der Waals surface area contributed by atoms with Gasteiger partial charge in [-0.25, -0.2) is 4.39 Å². The number of aromatic nitrogens is 1. The fourth-order valence-corrected chi connectivity index (χ4v) is 4.73. The maximum Gasteiger partial charge on any atom is 0.310 e. The van der Waals surface area contributed by atoms with Gasteiger partial charge in [0.15, 0.2) is 23.1 Å². The van der Waals surface area contributed by atoms with Gasteiger partial charge in [-0.15, -0.1) is 0 Å². The SMILES string of the molecule is CCOc1cc2cn(CC(=O)c3cc(NC(=O)CC(C)(C)C)cc(S(F)(F)(F)(F)F)c3)c(N)c2c(F)c1OCC. The average Bonchev–Trinajstić information content (AvgIpc) is 3.08. The van der Waals surface area contributed by atoms with Crippen molar-refractivity contribution >= 4 is 44.2 Å². The molecule has 3 rings (SSSR count). The molecule has 0 spiro atoms. The van der Waals surface area contributed by atoms with E-state index in [4.69, 9.17) is 15.2 Å². The number of fused-ring (bicyclic) bond motifs is 1. The third-order valence-electron chi connectivity index (χ3n) is 5.63. The molecule has 0 aliphatic rings. The summed E-state index contributed by atoms with van der Waals surface area (Å²) in [6, 6.07) is 2.43. The Labute approximate surface area is 227 Å². The molecule has 0 unspecified atom stereocenters. The van der Waals surface area contributed by atoms with E-state index in [1.165, 1.54) is 12.3 Å². The summed E-state index contributed by atoms with van der Waals surface area (Å²) in [6.07, 6.45) is 1.16. The molecule has 14 heteroatoms. The van der Waals surface area contributed by atoms with E-state index in [9.17, 15) is 29.0 Å². The summed E-state index contributed by atoms with van der Waals surface area (Å²) in [5.41, 5.74) is 4.15. The Morgan fingerprint density at radius 2 is 1.62 bits per heavy atom. The number of benzene rings is 2. The zero-order chi connectivity index (χ0) is 30.3. The van der Waals surface area contributed by atoms with Crippen LogP contribution in [0, 0.1) is 11.2 Å². The van der Waals surface area contributed by atoms with E-state index in [0.29, 0.717) is 0 Å². The third-order valence-corrected chi connectivity index (χ3v) is 6.76. The van der Waals surface area contributed by atoms with Crippen LogP contribution in [0.4, 0.5) is 35.3 Å². The van der Waals surface area contributed by atoms with Gasteiger partial charge in [0.05, 0.1) is 25.1 Å². The van der Waals surface area contributed by atoms with Gasteiger partial charge in [0.1, 0.15) is 10.7 Å². The summed E-state index contributed by atoms with van der Waals surface area (Å²) in [7, 11) is -10.2. The highest BCUT2D eigenvalue weighted by atomic mass is 32.5. The zero-order valence-corrected chi connectivity index (χ0v) is 23.4. The van der Waals surface area contributed by atoms with Crippen molar-refractivity contribution in [3.8, 4) is 11.5 Å². The molecule has 1 amide bonds. The minimum Gasteiger partial charge on any atom is -0.490 e. The molecule has 1 heterocycles. The highest BCUT2D eigenvalue weighted by Crippen LogP contribution is 3.02. The summed E-state index contributed by atoms with van der Waals surface area (Å²) in [5.74, 6) is -3.00. The average molecular weight is 596 g/mol. The first-order valence-corrected chi connectivity index (χ1v) is 14.2. The van der Waals surface area contributed by atoms with Crippen molar-refractivity contribution in [2.45, 2.75) is 52.5 Å². The highest BCUT2D eigenvalue weighted by molar-refractivity contribution is 8.45. The molecular weight excluding hydrogens is 564 g/mol. The second-order valence-electron chi connectivity index (χ2n) is 10.4. The van der Waals surface area contributed by atoms with E-state index in [1.54, 1.807) is 34.6 Å². The lowest BCUT2D eigenvalue weighted by Gasteiger charge is -2.40. The lowest BCUT2D eigenvalue weighted by Crippen LogP contribution is -2.20. The Morgan fingerprint density at radius 3 is 2.17 bits per heavy atom. The second-order valence-corrected chi connectivity index (χ2v) is 12.8. The van der Waals surface area contributed by atoms with Crippen LogP contribution in [-0.4, -0.2) is 29.5 Å². The number of ether oxygens (including phenoxy) is 2. The molecule has 0 fully saturated rings. The van der Waals surface area contributed by atoms with Crippen molar-refractivity contribution in [3.63, 3.8) is 0 Å². The molecule has 0 atom stereocenters. The fraction of sp³-hybridized carbons (Fsp3) is 0.385. The van der Waals surface area contributed by atoms with Gasteiger partial charge in [-0.2, -0.15) is 0 Å². The van der Waals surface area contributed by atoms with Gasteiger partial charge in [0.25, 0.3) is 0 Å². The maximum absolute atomic E-state index is 15.3. The molecule has 0 saturated heterocycles. The monoisotopic (exact) mass is 595 g/mol. The molecule has 222 valence electrons. The number of nitrogens with one attached hydrogen (secondary N) is 1. The number of carbonyl (C=O) groups is 2. The minimum atomic E-state index is -10.2. The molecule has 0 saturated carbocycles. The molecule has 3 aromatic rings. The number of carbonyl (C=O) groups excluding carboxylic acids is 2. The molecule has 0 aliphatic heterocycles. The van der Waals surface area contributed by atoms with Crippen LogP contribution in [0.3, 0.4) is 0 Å². The molecule has 0 radical (unpaired) electrons. The standard InChI is InChI=1S/C26H31F6N3O4S/c1-6-38-20-10-16-13-35(25(33)22(16)23(27)24(20)39-7-2)14-19(36)15-8-17(34-21(37)12-26(3,4)5)11-18(9-15)40(28,29,30,31)32/h8-11,13H,6-7,12,14,33H2,1-5H3,(H,34,37). The number of anilines is 2. The third kappa shape index (κ3) is 7.14. The molecule has 7 nitrogen and oxygen atoms in total. The summed E-state index contributed by atoms with van der Waals surface area (Å²) < 4.78 is 95.9. The van der Waals surface area contributed by atoms with E-state index in [2.05, 4.69) is 5.32 Å². The van der Waals surface area contributed by atoms with Crippen LogP contribution in [0.25, 0.3) is 10.8 Å². The van der Waals surface area contributed by atoms with Crippen LogP contribution in [0.1, 0.15) is 51.4 Å². The number of nitrogens with two attached hydrogens (primary N) is 1. The number of rotatable bonds is 10. The quantitative estimate of drug-likeness (QED) is 0.183. The molecule has 2 aromatic carbocycles. The van der Waals surface area contributed by atoms with Crippen LogP contribution < -0.4 is 20.5 Å². The molecule has 0 bridgehead atoms. The van der Waals surface area contributed by atoms with Crippen LogP contribution in [0.15, 0.2) is 35.4 Å². The van der Waals surface area contributed by atoms with E-state index < -0.39 is 55.8 Å². The summed E-state index contributed by atoms with van der Waals surface area (Å²) in [4.78, 5) is 23.1. The smallest absolute Gasteiger partial charge is 0.310 e. The number of amides is 1. The lowest BCUT2D eigenvalue weighted by molar-refractivity contribution is -0.117. The van der Waals surface area contributed by atoms with Crippen molar-refractivity contribution in [1.82, 2.24) is 4.57 Å². The summed E-state index contributed by atoms with van der Waals surface area (Å²) in [5, 5.41) is 2.27. The van der Waals surface area contributed by atoms with Crippen molar-refractivity contribution in [3.05, 3.63) is 41.8 Å². The van der Waals surface area contributed by atoms with Crippen molar-refractivity contribution < 1.29 is 42.9 Å². The maximum atomic E-state index is 15.3. The van der Waals surface area contributed by atoms with Crippen molar-refractivity contribution in [1.29, 1.82) is 0 Å². The van der Waals surface area contributed by atoms with Crippen LogP contribution >= 0.6 is 10.2 Å². The van der Waals surface area contributed by atoms with Gasteiger partial charge in [-0.3, -0.25) is 9.59 Å². The zero-order valence-electron chi connectivity index (χ0n) is 22.5. The second kappa shape index (κ2) is 9.82. The van der Waals surface area contributed by atoms with E-state index in [0.717, 1.165) is 10.6 Å². The number of nitrogens with zero attached hydrogens (tertiary/aromatic N) is 1. The van der Waals surface area contributed by atoms with Crippen LogP contribution in [0.2, 0.25) is 0 Å². The molecule has 40 heavy (non-hydrogen) atoms. The fourth-order valence-electron chi connectivity index (χ4n) is 4.03. The lowest BCUT2D eigenvalue weighted by atomic mass is 9.92. The Morgan fingerprint density at radius 1 is 1.00 bits per heavy atom. The van der Waals surface area contributed by atoms with Gasteiger partial charge >= 0.3 is 10.2 Å². The normalized spacial score (nSPS) is 14.0. The topological polar surface area (TPSA) is 95.6 Å². The Bertz CT molecular complexity index is 1480. The van der Waals surface area contributed by atoms with E-state index >= 15 is 4.39 Å². The number of Topliss-reactive ketones (excluding diaryl/α,β-unsaturated/α-hetero) is 1. The summed E-state index contributed by atoms with van der Waals surface area (Å²) >= 11 is 0. The van der Waals surface area contributed by atoms with Gasteiger partial charge in [0.2, 0.25) is 5.91 Å². The molecular formula is C26H31F6N3O4S. The number of ketones is 1. The van der Waals surface area contributed by atoms with Crippen LogP contribution in [0.5, 0.6) is 11.5 Å². The van der Waals surface area contributed by atoms with Gasteiger partial charge in [-0.1, -0.05) is 40.2 Å². The van der Waals surface area contributed by atoms with E-state index in [1.807, 2.05) is 0 Å². The van der Waals surface area contributed by atoms with Crippen LogP contribution in [-0.2, 0) is 11.3 Å². The van der Waals surface area contributed by atoms with Crippen molar-refractivity contribution in [2.24, 2.45) is 5.41 Å². The first-order chi connectivity index (χ1) is 18.1. The number of hydrogen-bond acceptors (Lipinski definition) is 5. The van der Waals surface area contributed by atoms with Gasteiger partial charge in [-0.05, 0) is 43.5 Å². The first-order valence-electron chi connectivity index (χ1n) is 12.2. The largest absolute Gasteiger partial charge is 0.490 e. The summed E-state index contributed by atoms with van der Waals surface area (Å²) in [6.45, 7) is 8.01. The highest BCUT2D eigenvalue weighted by Gasteiger charge is 2.65. The number of hydrogen-bond donors (Lipinski definition) is 2. The predicted octanol–water partition coefficient (Wildman–Crippen LogP) is 8.08. The number of nitrogen functional groups attached to an aromatic ring is 1. The Balaban J connectivity index is 2.07. The molecule has 0 aliphatic carbocycles. The molecule has 3 N–H and O–H groups in total. The predicted molar refractivity (Wildman–Crippen MR) is 144 cm³/mol.